The second-order valence-corrected chi connectivity index (χ2v) is 10.6. The molecule has 0 bridgehead atoms. The number of nitrogens with zero attached hydrogens (tertiary/aromatic N) is 1. The molecule has 1 fully saturated rings. The molecule has 6 nitrogen and oxygen atoms in total. The van der Waals surface area contributed by atoms with Crippen LogP contribution in [0.2, 0.25) is 0 Å². The maximum atomic E-state index is 7.57. The van der Waals surface area contributed by atoms with E-state index in [4.69, 9.17) is 19.6 Å². The quantitative estimate of drug-likeness (QED) is 0.329. The summed E-state index contributed by atoms with van der Waals surface area (Å²) >= 11 is 0. The first-order valence-corrected chi connectivity index (χ1v) is 14.2. The van der Waals surface area contributed by atoms with Gasteiger partial charge in [0.05, 0.1) is 17.1 Å². The van der Waals surface area contributed by atoms with Crippen molar-refractivity contribution in [3.05, 3.63) is 65.0 Å². The summed E-state index contributed by atoms with van der Waals surface area (Å²) < 4.78 is 11.1. The number of nitrogens with one attached hydrogen (secondary N) is 2. The molecule has 0 amide bonds. The topological polar surface area (TPSA) is 78.9 Å². The number of aliphatic hydroxyl groups is 1. The minimum absolute atomic E-state index is 0.181. The van der Waals surface area contributed by atoms with E-state index in [1.165, 1.54) is 36.9 Å². The van der Waals surface area contributed by atoms with E-state index in [9.17, 15) is 0 Å². The van der Waals surface area contributed by atoms with Crippen molar-refractivity contribution < 1.29 is 14.6 Å². The molecule has 0 spiro atoms. The third kappa shape index (κ3) is 7.39. The van der Waals surface area contributed by atoms with Crippen LogP contribution in [-0.2, 0) is 5.41 Å². The van der Waals surface area contributed by atoms with Crippen LogP contribution in [0.25, 0.3) is 5.70 Å². The number of aromatic nitrogens is 1. The molecule has 1 aromatic carbocycles. The zero-order valence-corrected chi connectivity index (χ0v) is 24.2. The lowest BCUT2D eigenvalue weighted by atomic mass is 9.71. The fourth-order valence-corrected chi connectivity index (χ4v) is 5.67. The molecule has 1 saturated heterocycles. The number of benzene rings is 1. The van der Waals surface area contributed by atoms with E-state index in [-0.39, 0.29) is 18.8 Å². The molecule has 0 radical (unpaired) electrons. The average molecular weight is 522 g/mol. The van der Waals surface area contributed by atoms with E-state index in [1.807, 2.05) is 19.1 Å². The Morgan fingerprint density at radius 2 is 1.89 bits per heavy atom. The van der Waals surface area contributed by atoms with Gasteiger partial charge in [-0.15, -0.1) is 0 Å². The summed E-state index contributed by atoms with van der Waals surface area (Å²) in [5, 5.41) is 11.2. The van der Waals surface area contributed by atoms with E-state index < -0.39 is 0 Å². The summed E-state index contributed by atoms with van der Waals surface area (Å²) in [7, 11) is 0. The first-order valence-electron chi connectivity index (χ1n) is 14.2. The molecule has 4 rings (SSSR count). The van der Waals surface area contributed by atoms with Gasteiger partial charge in [-0.25, -0.2) is 4.99 Å². The number of hydrogen-bond acceptors (Lipinski definition) is 5. The summed E-state index contributed by atoms with van der Waals surface area (Å²) in [6.07, 6.45) is 12.0. The number of aliphatic hydroxyl groups excluding tert-OH is 1. The van der Waals surface area contributed by atoms with E-state index in [0.717, 1.165) is 53.7 Å². The molecule has 1 unspecified atom stereocenters. The molecular weight excluding hydrogens is 474 g/mol. The number of H-pyrrole nitrogens is 1. The largest absolute Gasteiger partial charge is 0.454 e. The van der Waals surface area contributed by atoms with E-state index in [2.05, 4.69) is 68.4 Å². The zero-order chi connectivity index (χ0) is 27.5. The van der Waals surface area contributed by atoms with Crippen LogP contribution in [0.15, 0.2) is 47.5 Å². The van der Waals surface area contributed by atoms with Crippen molar-refractivity contribution in [3.8, 4) is 11.5 Å². The lowest BCUT2D eigenvalue weighted by molar-refractivity contribution is 0.174. The van der Waals surface area contributed by atoms with Gasteiger partial charge in [0.25, 0.3) is 0 Å². The fourth-order valence-electron chi connectivity index (χ4n) is 5.67. The van der Waals surface area contributed by atoms with Crippen LogP contribution in [-0.4, -0.2) is 42.3 Å². The summed E-state index contributed by atoms with van der Waals surface area (Å²) in [6, 6.07) is 8.35. The molecular formula is C32H47N3O3. The van der Waals surface area contributed by atoms with Gasteiger partial charge in [0.15, 0.2) is 11.5 Å². The summed E-state index contributed by atoms with van der Waals surface area (Å²) in [5.41, 5.74) is 6.93. The lowest BCUT2D eigenvalue weighted by Crippen LogP contribution is -2.31. The monoisotopic (exact) mass is 521 g/mol. The molecule has 2 aliphatic rings. The number of aliphatic imine (C=N–C) groups is 1. The molecule has 2 aromatic rings. The molecule has 1 aromatic heterocycles. The Balaban J connectivity index is 0.00000127. The van der Waals surface area contributed by atoms with Gasteiger partial charge in [0.1, 0.15) is 0 Å². The number of aromatic amines is 1. The molecule has 1 atom stereocenters. The van der Waals surface area contributed by atoms with Gasteiger partial charge < -0.3 is 24.9 Å². The van der Waals surface area contributed by atoms with Crippen LogP contribution in [0.4, 0.5) is 0 Å². The number of fused-ring (bicyclic) bond motifs is 1. The van der Waals surface area contributed by atoms with Gasteiger partial charge in [-0.2, -0.15) is 0 Å². The van der Waals surface area contributed by atoms with E-state index in [1.54, 1.807) is 6.92 Å². The minimum Gasteiger partial charge on any atom is -0.454 e. The van der Waals surface area contributed by atoms with Crippen molar-refractivity contribution in [3.63, 3.8) is 0 Å². The fraction of sp³-hybridized carbons (Fsp3) is 0.531. The molecule has 6 heteroatoms. The van der Waals surface area contributed by atoms with E-state index >= 15 is 0 Å². The molecule has 3 N–H and O–H groups in total. The number of aryl methyl sites for hydroxylation is 1. The third-order valence-corrected chi connectivity index (χ3v) is 7.04. The standard InChI is InChI=1S/C30H41N3O2.C2H6O/c1-6-9-24(23-11-12-27-28(18-23)35-20-34-27)32-25(10-7-2)26-17-22(5)29(33-26)30(19-21(3)4)13-8-15-31-16-14-30;1-2-3/h7,9-12,17-18,21,31,33H,6,8,13-16,19-20H2,1-5H3;3H,2H2,1H3/b10-7-,24-9+,32-25-;. The zero-order valence-electron chi connectivity index (χ0n) is 24.2. The molecule has 208 valence electrons. The molecule has 0 aliphatic carbocycles. The Bertz CT molecular complexity index is 1120. The summed E-state index contributed by atoms with van der Waals surface area (Å²) in [5.74, 6) is 2.22. The van der Waals surface area contributed by atoms with Crippen LogP contribution in [0.3, 0.4) is 0 Å². The highest BCUT2D eigenvalue weighted by atomic mass is 16.7. The van der Waals surface area contributed by atoms with Crippen molar-refractivity contribution in [2.75, 3.05) is 26.5 Å². The van der Waals surface area contributed by atoms with Crippen molar-refractivity contribution in [1.29, 1.82) is 0 Å². The second-order valence-electron chi connectivity index (χ2n) is 10.6. The number of ether oxygens (including phenoxy) is 2. The summed E-state index contributed by atoms with van der Waals surface area (Å²) in [6.45, 7) is 15.5. The normalized spacial score (nSPS) is 20.0. The van der Waals surface area contributed by atoms with Crippen molar-refractivity contribution in [2.24, 2.45) is 10.9 Å². The third-order valence-electron chi connectivity index (χ3n) is 7.04. The minimum atomic E-state index is 0.181. The van der Waals surface area contributed by atoms with Crippen LogP contribution in [0.5, 0.6) is 11.5 Å². The molecule has 0 saturated carbocycles. The number of allylic oxidation sites excluding steroid dienone is 3. The maximum absolute atomic E-state index is 7.57. The molecule has 38 heavy (non-hydrogen) atoms. The van der Waals surface area contributed by atoms with E-state index in [0.29, 0.717) is 5.92 Å². The van der Waals surface area contributed by atoms with Crippen LogP contribution in [0, 0.1) is 12.8 Å². The predicted octanol–water partition coefficient (Wildman–Crippen LogP) is 6.92. The Hall–Kier alpha value is -2.83. The van der Waals surface area contributed by atoms with Crippen LogP contribution < -0.4 is 14.8 Å². The highest BCUT2D eigenvalue weighted by Gasteiger charge is 2.36. The number of hydrogen-bond donors (Lipinski definition) is 3. The van der Waals surface area contributed by atoms with Gasteiger partial charge in [-0.1, -0.05) is 32.9 Å². The first kappa shape index (κ1) is 29.7. The smallest absolute Gasteiger partial charge is 0.231 e. The molecule has 3 heterocycles. The average Bonchev–Trinajstić information content (AvgIpc) is 3.44. The van der Waals surface area contributed by atoms with Crippen molar-refractivity contribution in [1.82, 2.24) is 10.3 Å². The summed E-state index contributed by atoms with van der Waals surface area (Å²) in [4.78, 5) is 9.04. The maximum Gasteiger partial charge on any atom is 0.231 e. The van der Waals surface area contributed by atoms with Crippen LogP contribution >= 0.6 is 0 Å². The van der Waals surface area contributed by atoms with Gasteiger partial charge in [0, 0.05) is 23.3 Å². The SMILES string of the molecule is CCO.C\C=C/C(=N/C(=C/CC)c1ccc2c(c1)OCO2)c1cc(C)c(C2(CC(C)C)CCCNCC2)[nH]1. The Labute approximate surface area is 229 Å². The Morgan fingerprint density at radius 1 is 1.13 bits per heavy atom. The first-order chi connectivity index (χ1) is 18.4. The van der Waals surface area contributed by atoms with Crippen molar-refractivity contribution in [2.45, 2.75) is 79.1 Å². The lowest BCUT2D eigenvalue weighted by Gasteiger charge is -2.34. The highest BCUT2D eigenvalue weighted by Crippen LogP contribution is 2.41. The van der Waals surface area contributed by atoms with Gasteiger partial charge in [-0.3, -0.25) is 0 Å². The second kappa shape index (κ2) is 14.4. The Kier molecular flexibility index (Phi) is 11.2. The highest BCUT2D eigenvalue weighted by molar-refractivity contribution is 6.10. The predicted molar refractivity (Wildman–Crippen MR) is 158 cm³/mol. The van der Waals surface area contributed by atoms with Crippen LogP contribution in [0.1, 0.15) is 89.2 Å². The van der Waals surface area contributed by atoms with Gasteiger partial charge >= 0.3 is 0 Å². The van der Waals surface area contributed by atoms with Gasteiger partial charge in [0.2, 0.25) is 6.79 Å². The van der Waals surface area contributed by atoms with Crippen molar-refractivity contribution >= 4 is 11.4 Å². The Morgan fingerprint density at radius 3 is 2.61 bits per heavy atom. The van der Waals surface area contributed by atoms with Gasteiger partial charge in [-0.05, 0) is 108 Å². The molecule has 2 aliphatic heterocycles. The number of rotatable bonds is 8.